The third-order valence-electron chi connectivity index (χ3n) is 3.83. The number of nitrogens with zero attached hydrogens (tertiary/aromatic N) is 1. The van der Waals surface area contributed by atoms with Crippen LogP contribution >= 0.6 is 0 Å². The summed E-state index contributed by atoms with van der Waals surface area (Å²) in [5.74, 6) is -3.12. The molecule has 7 heteroatoms. The van der Waals surface area contributed by atoms with Crippen LogP contribution in [0.3, 0.4) is 0 Å². The number of rotatable bonds is 4. The number of carbonyl (C=O) groups is 2. The normalized spacial score (nSPS) is 10.3. The van der Waals surface area contributed by atoms with Crippen molar-refractivity contribution in [1.29, 1.82) is 0 Å². The van der Waals surface area contributed by atoms with E-state index in [0.29, 0.717) is 5.69 Å². The molecule has 0 spiro atoms. The van der Waals surface area contributed by atoms with Gasteiger partial charge in [0.1, 0.15) is 5.69 Å². The summed E-state index contributed by atoms with van der Waals surface area (Å²) in [5.41, 5.74) is 1.83. The second kappa shape index (κ2) is 7.74. The second-order valence-electron chi connectivity index (χ2n) is 5.78. The first kappa shape index (κ1) is 18.2. The van der Waals surface area contributed by atoms with Gasteiger partial charge in [0.15, 0.2) is 11.6 Å². The Hall–Kier alpha value is -3.61. The van der Waals surface area contributed by atoms with Gasteiger partial charge in [-0.3, -0.25) is 14.6 Å². The number of para-hydroxylation sites is 1. The minimum Gasteiger partial charge on any atom is -0.322 e. The van der Waals surface area contributed by atoms with Crippen molar-refractivity contribution in [2.24, 2.45) is 0 Å². The second-order valence-corrected chi connectivity index (χ2v) is 5.78. The molecule has 1 aromatic heterocycles. The highest BCUT2D eigenvalue weighted by molar-refractivity contribution is 6.08. The quantitative estimate of drug-likeness (QED) is 0.727. The largest absolute Gasteiger partial charge is 0.322 e. The highest BCUT2D eigenvalue weighted by Crippen LogP contribution is 2.16. The molecule has 0 fully saturated rings. The van der Waals surface area contributed by atoms with Crippen LogP contribution in [0.1, 0.15) is 26.4 Å². The first-order valence-corrected chi connectivity index (χ1v) is 8.03. The van der Waals surface area contributed by atoms with Gasteiger partial charge in [-0.15, -0.1) is 0 Å². The fourth-order valence-electron chi connectivity index (χ4n) is 2.37. The zero-order valence-corrected chi connectivity index (χ0v) is 14.3. The summed E-state index contributed by atoms with van der Waals surface area (Å²) in [5, 5.41) is 5.18. The standard InChI is InChI=1S/C20H15F2N3O2/c1-12-4-2-3-5-17(12)25-20(27)18-10-13(8-9-23-18)19(26)24-14-6-7-15(21)16(22)11-14/h2-11H,1H3,(H,24,26)(H,25,27). The van der Waals surface area contributed by atoms with Crippen LogP contribution in [0.15, 0.2) is 60.8 Å². The van der Waals surface area contributed by atoms with E-state index in [9.17, 15) is 18.4 Å². The molecule has 2 amide bonds. The van der Waals surface area contributed by atoms with Crippen LogP contribution in [0.25, 0.3) is 0 Å². The van der Waals surface area contributed by atoms with Gasteiger partial charge >= 0.3 is 0 Å². The van der Waals surface area contributed by atoms with Crippen LogP contribution in [-0.4, -0.2) is 16.8 Å². The molecule has 0 atom stereocenters. The Morgan fingerprint density at radius 2 is 1.67 bits per heavy atom. The number of aryl methyl sites for hydroxylation is 1. The molecule has 0 aliphatic heterocycles. The smallest absolute Gasteiger partial charge is 0.274 e. The molecule has 0 saturated heterocycles. The molecular formula is C20H15F2N3O2. The van der Waals surface area contributed by atoms with Crippen LogP contribution < -0.4 is 10.6 Å². The number of carbonyl (C=O) groups excluding carboxylic acids is 2. The van der Waals surface area contributed by atoms with Gasteiger partial charge in [0.05, 0.1) is 0 Å². The lowest BCUT2D eigenvalue weighted by atomic mass is 10.1. The molecule has 0 unspecified atom stereocenters. The number of hydrogen-bond acceptors (Lipinski definition) is 3. The predicted molar refractivity (Wildman–Crippen MR) is 97.7 cm³/mol. The number of benzene rings is 2. The molecule has 2 N–H and O–H groups in total. The highest BCUT2D eigenvalue weighted by Gasteiger charge is 2.14. The Morgan fingerprint density at radius 1 is 0.889 bits per heavy atom. The van der Waals surface area contributed by atoms with Gasteiger partial charge in [-0.1, -0.05) is 18.2 Å². The molecular weight excluding hydrogens is 352 g/mol. The fraction of sp³-hybridized carbons (Fsp3) is 0.0500. The third-order valence-corrected chi connectivity index (χ3v) is 3.83. The maximum absolute atomic E-state index is 13.3. The topological polar surface area (TPSA) is 71.1 Å². The SMILES string of the molecule is Cc1ccccc1NC(=O)c1cc(C(=O)Nc2ccc(F)c(F)c2)ccn1. The van der Waals surface area contributed by atoms with Gasteiger partial charge < -0.3 is 10.6 Å². The van der Waals surface area contributed by atoms with Crippen LogP contribution in [0.2, 0.25) is 0 Å². The lowest BCUT2D eigenvalue weighted by Gasteiger charge is -2.09. The summed E-state index contributed by atoms with van der Waals surface area (Å²) in [7, 11) is 0. The van der Waals surface area contributed by atoms with E-state index in [0.717, 1.165) is 17.7 Å². The third kappa shape index (κ3) is 4.33. The minimum atomic E-state index is -1.07. The molecule has 27 heavy (non-hydrogen) atoms. The number of amides is 2. The number of halogens is 2. The summed E-state index contributed by atoms with van der Waals surface area (Å²) in [6.07, 6.45) is 1.33. The number of hydrogen-bond donors (Lipinski definition) is 2. The van der Waals surface area contributed by atoms with E-state index in [1.807, 2.05) is 19.1 Å². The van der Waals surface area contributed by atoms with Crippen molar-refractivity contribution in [3.63, 3.8) is 0 Å². The summed E-state index contributed by atoms with van der Waals surface area (Å²) in [6.45, 7) is 1.86. The first-order valence-electron chi connectivity index (χ1n) is 8.03. The Balaban J connectivity index is 1.76. The number of nitrogens with one attached hydrogen (secondary N) is 2. The van der Waals surface area contributed by atoms with Gasteiger partial charge in [-0.05, 0) is 42.8 Å². The van der Waals surface area contributed by atoms with E-state index >= 15 is 0 Å². The Labute approximate surface area is 154 Å². The monoisotopic (exact) mass is 367 g/mol. The molecule has 0 aliphatic carbocycles. The van der Waals surface area contributed by atoms with E-state index in [1.165, 1.54) is 24.4 Å². The van der Waals surface area contributed by atoms with E-state index in [1.54, 1.807) is 12.1 Å². The van der Waals surface area contributed by atoms with E-state index in [4.69, 9.17) is 0 Å². The van der Waals surface area contributed by atoms with Crippen molar-refractivity contribution in [1.82, 2.24) is 4.98 Å². The molecule has 0 aliphatic rings. The van der Waals surface area contributed by atoms with E-state index in [-0.39, 0.29) is 16.9 Å². The maximum Gasteiger partial charge on any atom is 0.274 e. The average Bonchev–Trinajstić information content (AvgIpc) is 2.66. The van der Waals surface area contributed by atoms with Crippen LogP contribution in [-0.2, 0) is 0 Å². The first-order chi connectivity index (χ1) is 12.9. The van der Waals surface area contributed by atoms with Crippen molar-refractivity contribution < 1.29 is 18.4 Å². The van der Waals surface area contributed by atoms with Gasteiger partial charge in [0, 0.05) is 29.2 Å². The van der Waals surface area contributed by atoms with Crippen LogP contribution in [0, 0.1) is 18.6 Å². The van der Waals surface area contributed by atoms with Gasteiger partial charge in [0.2, 0.25) is 0 Å². The Morgan fingerprint density at radius 3 is 2.41 bits per heavy atom. The molecule has 3 aromatic rings. The van der Waals surface area contributed by atoms with Gasteiger partial charge in [0.25, 0.3) is 11.8 Å². The van der Waals surface area contributed by atoms with E-state index in [2.05, 4.69) is 15.6 Å². The van der Waals surface area contributed by atoms with Crippen molar-refractivity contribution in [2.45, 2.75) is 6.92 Å². The lowest BCUT2D eigenvalue weighted by Crippen LogP contribution is -2.17. The van der Waals surface area contributed by atoms with Crippen LogP contribution in [0.5, 0.6) is 0 Å². The number of anilines is 2. The van der Waals surface area contributed by atoms with Crippen molar-refractivity contribution in [3.05, 3.63) is 89.2 Å². The average molecular weight is 367 g/mol. The predicted octanol–water partition coefficient (Wildman–Crippen LogP) is 4.17. The van der Waals surface area contributed by atoms with Crippen molar-refractivity contribution in [2.75, 3.05) is 10.6 Å². The Bertz CT molecular complexity index is 1020. The molecule has 3 rings (SSSR count). The van der Waals surface area contributed by atoms with Gasteiger partial charge in [-0.25, -0.2) is 8.78 Å². The molecule has 2 aromatic carbocycles. The molecule has 0 saturated carbocycles. The molecule has 5 nitrogen and oxygen atoms in total. The zero-order valence-electron chi connectivity index (χ0n) is 14.3. The van der Waals surface area contributed by atoms with Crippen molar-refractivity contribution in [3.8, 4) is 0 Å². The number of pyridine rings is 1. The van der Waals surface area contributed by atoms with Gasteiger partial charge in [-0.2, -0.15) is 0 Å². The minimum absolute atomic E-state index is 0.0520. The molecule has 1 heterocycles. The summed E-state index contributed by atoms with van der Waals surface area (Å²) in [4.78, 5) is 28.7. The maximum atomic E-state index is 13.3. The fourth-order valence-corrected chi connectivity index (χ4v) is 2.37. The lowest BCUT2D eigenvalue weighted by molar-refractivity contribution is 0.102. The molecule has 0 bridgehead atoms. The highest BCUT2D eigenvalue weighted by atomic mass is 19.2. The molecule has 136 valence electrons. The number of aromatic nitrogens is 1. The summed E-state index contributed by atoms with van der Waals surface area (Å²) in [6, 6.07) is 13.0. The van der Waals surface area contributed by atoms with Crippen molar-refractivity contribution >= 4 is 23.2 Å². The van der Waals surface area contributed by atoms with E-state index < -0.39 is 23.4 Å². The zero-order chi connectivity index (χ0) is 19.4. The summed E-state index contributed by atoms with van der Waals surface area (Å²) < 4.78 is 26.2. The summed E-state index contributed by atoms with van der Waals surface area (Å²) >= 11 is 0. The molecule has 0 radical (unpaired) electrons. The Kier molecular flexibility index (Phi) is 5.21. The van der Waals surface area contributed by atoms with Crippen LogP contribution in [0.4, 0.5) is 20.2 Å².